The van der Waals surface area contributed by atoms with E-state index in [1.54, 1.807) is 0 Å². The summed E-state index contributed by atoms with van der Waals surface area (Å²) in [4.78, 5) is 0. The first-order chi connectivity index (χ1) is 8.29. The Balaban J connectivity index is 1.93. The van der Waals surface area contributed by atoms with Crippen molar-refractivity contribution in [1.29, 1.82) is 0 Å². The van der Waals surface area contributed by atoms with Crippen LogP contribution in [0.2, 0.25) is 0 Å². The Morgan fingerprint density at radius 3 is 2.59 bits per heavy atom. The number of hydrogen-bond donors (Lipinski definition) is 1. The van der Waals surface area contributed by atoms with E-state index in [0.29, 0.717) is 6.04 Å². The van der Waals surface area contributed by atoms with E-state index in [-0.39, 0.29) is 0 Å². The first kappa shape index (κ1) is 13.1. The monoisotopic (exact) mass is 295 g/mol. The van der Waals surface area contributed by atoms with Crippen molar-refractivity contribution in [2.45, 2.75) is 45.1 Å². The first-order valence-electron chi connectivity index (χ1n) is 6.78. The largest absolute Gasteiger partial charge is 0.310 e. The van der Waals surface area contributed by atoms with Crippen molar-refractivity contribution in [3.63, 3.8) is 0 Å². The van der Waals surface area contributed by atoms with Crippen molar-refractivity contribution in [2.24, 2.45) is 5.92 Å². The second-order valence-corrected chi connectivity index (χ2v) is 5.99. The molecule has 1 unspecified atom stereocenters. The van der Waals surface area contributed by atoms with Crippen molar-refractivity contribution in [1.82, 2.24) is 5.32 Å². The third-order valence-electron chi connectivity index (χ3n) is 3.47. The van der Waals surface area contributed by atoms with Gasteiger partial charge >= 0.3 is 0 Å². The number of benzene rings is 1. The Morgan fingerprint density at radius 2 is 2.00 bits per heavy atom. The Hall–Kier alpha value is -0.340. The molecule has 0 spiro atoms. The molecule has 2 rings (SSSR count). The van der Waals surface area contributed by atoms with Crippen molar-refractivity contribution >= 4 is 15.9 Å². The normalized spacial score (nSPS) is 17.1. The van der Waals surface area contributed by atoms with E-state index in [0.717, 1.165) is 16.9 Å². The fourth-order valence-electron chi connectivity index (χ4n) is 2.21. The molecule has 0 radical (unpaired) electrons. The zero-order chi connectivity index (χ0) is 12.1. The van der Waals surface area contributed by atoms with Gasteiger partial charge in [-0.15, -0.1) is 0 Å². The molecule has 0 bridgehead atoms. The lowest BCUT2D eigenvalue weighted by Crippen LogP contribution is -2.22. The zero-order valence-electron chi connectivity index (χ0n) is 10.6. The van der Waals surface area contributed by atoms with E-state index >= 15 is 0 Å². The van der Waals surface area contributed by atoms with E-state index in [9.17, 15) is 0 Å². The maximum absolute atomic E-state index is 3.67. The van der Waals surface area contributed by atoms with Crippen LogP contribution in [0.3, 0.4) is 0 Å². The van der Waals surface area contributed by atoms with Gasteiger partial charge in [-0.25, -0.2) is 0 Å². The summed E-state index contributed by atoms with van der Waals surface area (Å²) in [7, 11) is 0. The molecule has 0 aromatic heterocycles. The van der Waals surface area contributed by atoms with Crippen LogP contribution in [0.5, 0.6) is 0 Å². The van der Waals surface area contributed by atoms with Gasteiger partial charge < -0.3 is 5.32 Å². The highest BCUT2D eigenvalue weighted by atomic mass is 79.9. The molecule has 1 aliphatic rings. The minimum absolute atomic E-state index is 0.545. The standard InChI is InChI=1S/C15H22BrN/c1-2-11-17-15(10-5-12-3-4-12)13-6-8-14(16)9-7-13/h6-9,12,15,17H,2-5,10-11H2,1H3. The van der Waals surface area contributed by atoms with Gasteiger partial charge in [-0.05, 0) is 49.4 Å². The van der Waals surface area contributed by atoms with Crippen LogP contribution in [0.15, 0.2) is 28.7 Å². The van der Waals surface area contributed by atoms with Crippen LogP contribution in [0, 0.1) is 5.92 Å². The molecular weight excluding hydrogens is 274 g/mol. The predicted molar refractivity (Wildman–Crippen MR) is 77.1 cm³/mol. The van der Waals surface area contributed by atoms with Gasteiger partial charge in [0.25, 0.3) is 0 Å². The summed E-state index contributed by atoms with van der Waals surface area (Å²) in [6.45, 7) is 3.35. The number of rotatable bonds is 7. The van der Waals surface area contributed by atoms with Crippen LogP contribution in [-0.4, -0.2) is 6.54 Å². The fourth-order valence-corrected chi connectivity index (χ4v) is 2.47. The van der Waals surface area contributed by atoms with Gasteiger partial charge in [0.1, 0.15) is 0 Å². The second kappa shape index (κ2) is 6.55. The maximum Gasteiger partial charge on any atom is 0.0320 e. The average molecular weight is 296 g/mol. The summed E-state index contributed by atoms with van der Waals surface area (Å²) < 4.78 is 1.16. The number of hydrogen-bond acceptors (Lipinski definition) is 1. The minimum atomic E-state index is 0.545. The highest BCUT2D eigenvalue weighted by molar-refractivity contribution is 9.10. The molecule has 0 heterocycles. The summed E-state index contributed by atoms with van der Waals surface area (Å²) in [6, 6.07) is 9.32. The highest BCUT2D eigenvalue weighted by Crippen LogP contribution is 2.36. The molecule has 0 aliphatic heterocycles. The number of halogens is 1. The van der Waals surface area contributed by atoms with Crippen LogP contribution in [0.4, 0.5) is 0 Å². The van der Waals surface area contributed by atoms with Gasteiger partial charge in [-0.3, -0.25) is 0 Å². The van der Waals surface area contributed by atoms with Crippen molar-refractivity contribution < 1.29 is 0 Å². The lowest BCUT2D eigenvalue weighted by molar-refractivity contribution is 0.470. The van der Waals surface area contributed by atoms with E-state index in [2.05, 4.69) is 52.4 Å². The van der Waals surface area contributed by atoms with E-state index in [1.807, 2.05) is 0 Å². The summed E-state index contributed by atoms with van der Waals surface area (Å²) in [5.74, 6) is 1.02. The Bertz CT molecular complexity index is 329. The molecule has 1 nitrogen and oxygen atoms in total. The Kier molecular flexibility index (Phi) is 5.05. The zero-order valence-corrected chi connectivity index (χ0v) is 12.2. The molecule has 2 heteroatoms. The van der Waals surface area contributed by atoms with Crippen LogP contribution >= 0.6 is 15.9 Å². The molecule has 17 heavy (non-hydrogen) atoms. The van der Waals surface area contributed by atoms with Gasteiger partial charge in [0, 0.05) is 10.5 Å². The number of nitrogens with one attached hydrogen (secondary N) is 1. The van der Waals surface area contributed by atoms with Gasteiger partial charge in [-0.1, -0.05) is 47.8 Å². The lowest BCUT2D eigenvalue weighted by atomic mass is 10.0. The second-order valence-electron chi connectivity index (χ2n) is 5.08. The molecule has 1 aromatic carbocycles. The van der Waals surface area contributed by atoms with Gasteiger partial charge in [0.2, 0.25) is 0 Å². The predicted octanol–water partition coefficient (Wildman–Crippen LogP) is 4.68. The third kappa shape index (κ3) is 4.44. The van der Waals surface area contributed by atoms with Crippen LogP contribution in [-0.2, 0) is 0 Å². The topological polar surface area (TPSA) is 12.0 Å². The maximum atomic E-state index is 3.67. The molecule has 1 aliphatic carbocycles. The van der Waals surface area contributed by atoms with Crippen LogP contribution < -0.4 is 5.32 Å². The molecule has 0 saturated heterocycles. The molecule has 1 N–H and O–H groups in total. The Morgan fingerprint density at radius 1 is 1.29 bits per heavy atom. The SMILES string of the molecule is CCCNC(CCC1CC1)c1ccc(Br)cc1. The first-order valence-corrected chi connectivity index (χ1v) is 7.57. The smallest absolute Gasteiger partial charge is 0.0320 e. The third-order valence-corrected chi connectivity index (χ3v) is 4.00. The van der Waals surface area contributed by atoms with E-state index in [1.165, 1.54) is 37.7 Å². The molecule has 94 valence electrons. The Labute approximate surface area is 113 Å². The summed E-state index contributed by atoms with van der Waals surface area (Å²) in [5.41, 5.74) is 1.43. The van der Waals surface area contributed by atoms with Crippen molar-refractivity contribution in [2.75, 3.05) is 6.54 Å². The summed E-state index contributed by atoms with van der Waals surface area (Å²) in [5, 5.41) is 3.67. The lowest BCUT2D eigenvalue weighted by Gasteiger charge is -2.19. The van der Waals surface area contributed by atoms with E-state index < -0.39 is 0 Å². The molecule has 1 atom stereocenters. The van der Waals surface area contributed by atoms with Crippen LogP contribution in [0.1, 0.15) is 50.6 Å². The van der Waals surface area contributed by atoms with E-state index in [4.69, 9.17) is 0 Å². The molecular formula is C15H22BrN. The van der Waals surface area contributed by atoms with Gasteiger partial charge in [-0.2, -0.15) is 0 Å². The molecule has 1 aromatic rings. The molecule has 0 amide bonds. The van der Waals surface area contributed by atoms with Gasteiger partial charge in [0.05, 0.1) is 0 Å². The molecule has 1 saturated carbocycles. The van der Waals surface area contributed by atoms with Crippen molar-refractivity contribution in [3.05, 3.63) is 34.3 Å². The van der Waals surface area contributed by atoms with Crippen molar-refractivity contribution in [3.8, 4) is 0 Å². The molecule has 1 fully saturated rings. The minimum Gasteiger partial charge on any atom is -0.310 e. The quantitative estimate of drug-likeness (QED) is 0.770. The average Bonchev–Trinajstić information content (AvgIpc) is 3.15. The summed E-state index contributed by atoms with van der Waals surface area (Å²) in [6.07, 6.45) is 6.79. The van der Waals surface area contributed by atoms with Crippen LogP contribution in [0.25, 0.3) is 0 Å². The fraction of sp³-hybridized carbons (Fsp3) is 0.600. The summed E-state index contributed by atoms with van der Waals surface area (Å²) >= 11 is 3.50. The highest BCUT2D eigenvalue weighted by Gasteiger charge is 2.22. The van der Waals surface area contributed by atoms with Gasteiger partial charge in [0.15, 0.2) is 0 Å².